The molecule has 1 N–H and O–H groups in total. The molecule has 0 bridgehead atoms. The molecule has 0 amide bonds. The molecule has 0 aliphatic carbocycles. The van der Waals surface area contributed by atoms with Gasteiger partial charge in [0.05, 0.1) is 0 Å². The van der Waals surface area contributed by atoms with Crippen LogP contribution in [0.15, 0.2) is 10.9 Å². The molecular weight excluding hydrogens is 204 g/mol. The number of aryl methyl sites for hydroxylation is 1. The Morgan fingerprint density at radius 3 is 2.56 bits per heavy atom. The molecule has 0 unspecified atom stereocenters. The average molecular weight is 224 g/mol. The smallest absolute Gasteiger partial charge is 0.256 e. The summed E-state index contributed by atoms with van der Waals surface area (Å²) < 4.78 is 1.44. The van der Waals surface area contributed by atoms with Gasteiger partial charge in [-0.25, -0.2) is 0 Å². The number of pyridine rings is 1. The first-order valence-corrected chi connectivity index (χ1v) is 5.48. The van der Waals surface area contributed by atoms with E-state index in [2.05, 4.69) is 4.90 Å². The van der Waals surface area contributed by atoms with Gasteiger partial charge >= 0.3 is 0 Å². The number of hydrogen-bond donors (Lipinski definition) is 1. The van der Waals surface area contributed by atoms with Crippen LogP contribution in [0.1, 0.15) is 17.5 Å². The molecule has 1 aromatic heterocycles. The zero-order valence-corrected chi connectivity index (χ0v) is 10.4. The van der Waals surface area contributed by atoms with Gasteiger partial charge in [-0.3, -0.25) is 9.36 Å². The van der Waals surface area contributed by atoms with E-state index >= 15 is 0 Å². The maximum Gasteiger partial charge on any atom is 0.256 e. The van der Waals surface area contributed by atoms with Gasteiger partial charge in [0, 0.05) is 18.2 Å². The molecule has 0 saturated heterocycles. The van der Waals surface area contributed by atoms with Crippen molar-refractivity contribution in [1.29, 1.82) is 0 Å². The van der Waals surface area contributed by atoms with Crippen LogP contribution in [-0.2, 0) is 6.54 Å². The predicted octanol–water partition coefficient (Wildman–Crippen LogP) is 1.12. The number of rotatable bonds is 4. The first-order valence-electron chi connectivity index (χ1n) is 5.48. The minimum absolute atomic E-state index is 0.0619. The van der Waals surface area contributed by atoms with E-state index in [1.165, 1.54) is 4.57 Å². The van der Waals surface area contributed by atoms with Crippen LogP contribution in [0.5, 0.6) is 5.88 Å². The summed E-state index contributed by atoms with van der Waals surface area (Å²) in [6.07, 6.45) is 0.850. The van der Waals surface area contributed by atoms with E-state index in [1.807, 2.05) is 21.0 Å². The first kappa shape index (κ1) is 12.8. The highest BCUT2D eigenvalue weighted by molar-refractivity contribution is 5.27. The maximum absolute atomic E-state index is 11.9. The molecule has 0 aliphatic rings. The van der Waals surface area contributed by atoms with E-state index in [0.29, 0.717) is 12.1 Å². The molecule has 1 aromatic rings. The van der Waals surface area contributed by atoms with Crippen LogP contribution in [0.25, 0.3) is 0 Å². The number of hydrogen-bond acceptors (Lipinski definition) is 3. The van der Waals surface area contributed by atoms with Crippen molar-refractivity contribution in [3.8, 4) is 5.88 Å². The van der Waals surface area contributed by atoms with E-state index < -0.39 is 0 Å². The molecule has 1 heterocycles. The van der Waals surface area contributed by atoms with Crippen LogP contribution >= 0.6 is 0 Å². The molecule has 4 heteroatoms. The lowest BCUT2D eigenvalue weighted by Gasteiger charge is -2.13. The van der Waals surface area contributed by atoms with Gasteiger partial charge in [-0.1, -0.05) is 0 Å². The predicted molar refractivity (Wildman–Crippen MR) is 65.0 cm³/mol. The largest absolute Gasteiger partial charge is 0.494 e. The lowest BCUT2D eigenvalue weighted by atomic mass is 10.2. The lowest BCUT2D eigenvalue weighted by Crippen LogP contribution is -2.25. The van der Waals surface area contributed by atoms with Gasteiger partial charge in [-0.15, -0.1) is 0 Å². The molecule has 0 spiro atoms. The van der Waals surface area contributed by atoms with Crippen LogP contribution in [0.2, 0.25) is 0 Å². The summed E-state index contributed by atoms with van der Waals surface area (Å²) in [4.78, 5) is 13.9. The quantitative estimate of drug-likeness (QED) is 0.833. The molecule has 0 aliphatic heterocycles. The van der Waals surface area contributed by atoms with Gasteiger partial charge in [0.1, 0.15) is 0 Å². The SMILES string of the molecule is Cc1cc(O)n(CCCN(C)C)c(=O)c1C. The Morgan fingerprint density at radius 1 is 1.38 bits per heavy atom. The van der Waals surface area contributed by atoms with Crippen molar-refractivity contribution in [2.45, 2.75) is 26.8 Å². The molecule has 0 atom stereocenters. The minimum Gasteiger partial charge on any atom is -0.494 e. The summed E-state index contributed by atoms with van der Waals surface area (Å²) in [5, 5.41) is 9.71. The summed E-state index contributed by atoms with van der Waals surface area (Å²) >= 11 is 0. The van der Waals surface area contributed by atoms with Crippen molar-refractivity contribution in [3.63, 3.8) is 0 Å². The second-order valence-corrected chi connectivity index (χ2v) is 4.42. The Morgan fingerprint density at radius 2 is 2.00 bits per heavy atom. The van der Waals surface area contributed by atoms with Gasteiger partial charge in [-0.2, -0.15) is 0 Å². The fourth-order valence-electron chi connectivity index (χ4n) is 1.62. The number of aromatic nitrogens is 1. The summed E-state index contributed by atoms with van der Waals surface area (Å²) in [7, 11) is 3.98. The van der Waals surface area contributed by atoms with E-state index in [4.69, 9.17) is 0 Å². The second-order valence-electron chi connectivity index (χ2n) is 4.42. The van der Waals surface area contributed by atoms with Gasteiger partial charge < -0.3 is 10.0 Å². The van der Waals surface area contributed by atoms with Crippen molar-refractivity contribution in [2.24, 2.45) is 0 Å². The highest BCUT2D eigenvalue weighted by Gasteiger charge is 2.08. The van der Waals surface area contributed by atoms with Crippen LogP contribution in [0.4, 0.5) is 0 Å². The zero-order valence-electron chi connectivity index (χ0n) is 10.4. The number of nitrogens with zero attached hydrogens (tertiary/aromatic N) is 2. The van der Waals surface area contributed by atoms with E-state index in [-0.39, 0.29) is 11.4 Å². The highest BCUT2D eigenvalue weighted by Crippen LogP contribution is 2.11. The van der Waals surface area contributed by atoms with Crippen LogP contribution in [0, 0.1) is 13.8 Å². The van der Waals surface area contributed by atoms with Crippen LogP contribution in [-0.4, -0.2) is 35.2 Å². The van der Waals surface area contributed by atoms with Gasteiger partial charge in [0.15, 0.2) is 5.88 Å². The lowest BCUT2D eigenvalue weighted by molar-refractivity contribution is 0.361. The zero-order chi connectivity index (χ0) is 12.3. The summed E-state index contributed by atoms with van der Waals surface area (Å²) in [6.45, 7) is 5.09. The summed E-state index contributed by atoms with van der Waals surface area (Å²) in [5.74, 6) is 0.0619. The Hall–Kier alpha value is -1.29. The molecule has 0 fully saturated rings. The fourth-order valence-corrected chi connectivity index (χ4v) is 1.62. The second kappa shape index (κ2) is 5.16. The molecule has 90 valence electrons. The average Bonchev–Trinajstić information content (AvgIpc) is 2.19. The van der Waals surface area contributed by atoms with E-state index in [0.717, 1.165) is 18.5 Å². The standard InChI is InChI=1S/C12H20N2O2/c1-9-8-11(15)14(12(16)10(9)2)7-5-6-13(3)4/h8,15H,5-7H2,1-4H3. The highest BCUT2D eigenvalue weighted by atomic mass is 16.3. The molecule has 16 heavy (non-hydrogen) atoms. The minimum atomic E-state index is -0.0868. The third-order valence-corrected chi connectivity index (χ3v) is 2.77. The Labute approximate surface area is 96.1 Å². The molecule has 1 rings (SSSR count). The molecule has 0 aromatic carbocycles. The molecule has 0 saturated carbocycles. The normalized spacial score (nSPS) is 11.1. The van der Waals surface area contributed by atoms with Crippen molar-refractivity contribution < 1.29 is 5.11 Å². The topological polar surface area (TPSA) is 45.5 Å². The first-order chi connectivity index (χ1) is 7.43. The maximum atomic E-state index is 11.9. The van der Waals surface area contributed by atoms with Crippen molar-refractivity contribution in [1.82, 2.24) is 9.47 Å². The van der Waals surface area contributed by atoms with Gasteiger partial charge in [0.25, 0.3) is 5.56 Å². The van der Waals surface area contributed by atoms with E-state index in [9.17, 15) is 9.90 Å². The summed E-state index contributed by atoms with van der Waals surface area (Å²) in [5.41, 5.74) is 1.46. The van der Waals surface area contributed by atoms with Crippen molar-refractivity contribution in [2.75, 3.05) is 20.6 Å². The fraction of sp³-hybridized carbons (Fsp3) is 0.583. The molecule has 4 nitrogen and oxygen atoms in total. The Bertz CT molecular complexity index is 422. The molecule has 0 radical (unpaired) electrons. The van der Waals surface area contributed by atoms with Crippen LogP contribution in [0.3, 0.4) is 0 Å². The van der Waals surface area contributed by atoms with Gasteiger partial charge in [-0.05, 0) is 46.5 Å². The third kappa shape index (κ3) is 2.85. The monoisotopic (exact) mass is 224 g/mol. The Kier molecular flexibility index (Phi) is 4.12. The molecular formula is C12H20N2O2. The van der Waals surface area contributed by atoms with Crippen LogP contribution < -0.4 is 5.56 Å². The van der Waals surface area contributed by atoms with Gasteiger partial charge in [0.2, 0.25) is 0 Å². The Balaban J connectivity index is 2.88. The van der Waals surface area contributed by atoms with Crippen molar-refractivity contribution in [3.05, 3.63) is 27.5 Å². The summed E-state index contributed by atoms with van der Waals surface area (Å²) in [6, 6.07) is 1.65. The third-order valence-electron chi connectivity index (χ3n) is 2.77. The van der Waals surface area contributed by atoms with Crippen molar-refractivity contribution >= 4 is 0 Å². The van der Waals surface area contributed by atoms with E-state index in [1.54, 1.807) is 13.0 Å². The number of aromatic hydroxyl groups is 1.